The molecule has 4 heteroatoms. The van der Waals surface area contributed by atoms with Crippen LogP contribution in [0.4, 0.5) is 0 Å². The Kier molecular flexibility index (Phi) is 5.21. The van der Waals surface area contributed by atoms with E-state index in [-0.39, 0.29) is 11.3 Å². The van der Waals surface area contributed by atoms with Crippen molar-refractivity contribution in [2.75, 3.05) is 13.7 Å². The Morgan fingerprint density at radius 2 is 2.00 bits per heavy atom. The minimum absolute atomic E-state index is 0.0165. The summed E-state index contributed by atoms with van der Waals surface area (Å²) >= 11 is 3.56. The first-order chi connectivity index (χ1) is 10.3. The van der Waals surface area contributed by atoms with E-state index in [1.165, 1.54) is 6.42 Å². The molecule has 0 bridgehead atoms. The maximum absolute atomic E-state index is 13.0. The molecule has 0 spiro atoms. The van der Waals surface area contributed by atoms with Gasteiger partial charge in [0.1, 0.15) is 5.75 Å². The van der Waals surface area contributed by atoms with Gasteiger partial charge in [0, 0.05) is 12.6 Å². The predicted octanol–water partition coefficient (Wildman–Crippen LogP) is 4.77. The van der Waals surface area contributed by atoms with Crippen molar-refractivity contribution in [3.8, 4) is 5.75 Å². The molecule has 1 saturated heterocycles. The molecule has 0 saturated carbocycles. The van der Waals surface area contributed by atoms with Crippen LogP contribution >= 0.6 is 15.9 Å². The molecule has 0 aromatic heterocycles. The molecular formula is C18H26BrNO2. The molecule has 0 radical (unpaired) electrons. The Morgan fingerprint density at radius 3 is 2.55 bits per heavy atom. The van der Waals surface area contributed by atoms with Gasteiger partial charge in [-0.05, 0) is 65.2 Å². The van der Waals surface area contributed by atoms with Crippen molar-refractivity contribution < 1.29 is 9.53 Å². The third kappa shape index (κ3) is 3.48. The molecule has 1 heterocycles. The molecular weight excluding hydrogens is 342 g/mol. The van der Waals surface area contributed by atoms with Crippen LogP contribution in [-0.4, -0.2) is 30.5 Å². The Morgan fingerprint density at radius 1 is 1.32 bits per heavy atom. The van der Waals surface area contributed by atoms with Crippen molar-refractivity contribution in [2.24, 2.45) is 0 Å². The Balaban J connectivity index is 2.47. The maximum atomic E-state index is 13.0. The van der Waals surface area contributed by atoms with E-state index in [9.17, 15) is 4.79 Å². The van der Waals surface area contributed by atoms with Gasteiger partial charge in [0.05, 0.1) is 17.1 Å². The number of ether oxygens (including phenoxy) is 1. The van der Waals surface area contributed by atoms with E-state index in [0.717, 1.165) is 29.4 Å². The maximum Gasteiger partial charge on any atom is 0.257 e. The van der Waals surface area contributed by atoms with Crippen LogP contribution in [0.25, 0.3) is 0 Å². The van der Waals surface area contributed by atoms with Gasteiger partial charge in [-0.1, -0.05) is 20.8 Å². The molecule has 0 N–H and O–H groups in total. The van der Waals surface area contributed by atoms with Gasteiger partial charge in [0.2, 0.25) is 0 Å². The van der Waals surface area contributed by atoms with Gasteiger partial charge in [-0.15, -0.1) is 0 Å². The van der Waals surface area contributed by atoms with E-state index in [1.807, 2.05) is 11.0 Å². The van der Waals surface area contributed by atoms with Crippen molar-refractivity contribution in [3.63, 3.8) is 0 Å². The van der Waals surface area contributed by atoms with E-state index in [0.29, 0.717) is 17.4 Å². The number of nitrogens with zero attached hydrogens (tertiary/aromatic N) is 1. The van der Waals surface area contributed by atoms with Gasteiger partial charge >= 0.3 is 0 Å². The third-order valence-electron chi connectivity index (χ3n) is 4.41. The molecule has 1 atom stereocenters. The second kappa shape index (κ2) is 6.61. The average molecular weight is 368 g/mol. The number of benzene rings is 1. The number of carbonyl (C=O) groups is 1. The number of hydrogen-bond acceptors (Lipinski definition) is 2. The molecule has 0 aliphatic carbocycles. The second-order valence-electron chi connectivity index (χ2n) is 7.13. The summed E-state index contributed by atoms with van der Waals surface area (Å²) in [5.41, 5.74) is 1.78. The van der Waals surface area contributed by atoms with Crippen molar-refractivity contribution >= 4 is 21.8 Å². The highest BCUT2D eigenvalue weighted by Crippen LogP contribution is 2.36. The van der Waals surface area contributed by atoms with Crippen LogP contribution in [0.1, 0.15) is 62.9 Å². The molecule has 1 amide bonds. The van der Waals surface area contributed by atoms with Crippen LogP contribution in [0.5, 0.6) is 5.75 Å². The minimum atomic E-state index is -0.0165. The van der Waals surface area contributed by atoms with Crippen LogP contribution in [0, 0.1) is 0 Å². The van der Waals surface area contributed by atoms with Crippen molar-refractivity contribution in [2.45, 2.75) is 58.4 Å². The smallest absolute Gasteiger partial charge is 0.257 e. The number of likely N-dealkylation sites (tertiary alicyclic amines) is 1. The Hall–Kier alpha value is -1.03. The van der Waals surface area contributed by atoms with E-state index in [2.05, 4.69) is 49.7 Å². The minimum Gasteiger partial charge on any atom is -0.495 e. The molecule has 22 heavy (non-hydrogen) atoms. The number of methoxy groups -OCH3 is 1. The monoisotopic (exact) mass is 367 g/mol. The summed E-state index contributed by atoms with van der Waals surface area (Å²) < 4.78 is 6.34. The summed E-state index contributed by atoms with van der Waals surface area (Å²) in [6.07, 6.45) is 3.36. The van der Waals surface area contributed by atoms with Gasteiger partial charge in [-0.3, -0.25) is 4.79 Å². The van der Waals surface area contributed by atoms with Gasteiger partial charge in [-0.25, -0.2) is 0 Å². The number of rotatable bonds is 2. The first-order valence-corrected chi connectivity index (χ1v) is 8.74. The predicted molar refractivity (Wildman–Crippen MR) is 93.7 cm³/mol. The summed E-state index contributed by atoms with van der Waals surface area (Å²) in [6.45, 7) is 9.42. The van der Waals surface area contributed by atoms with Crippen LogP contribution in [-0.2, 0) is 5.41 Å². The largest absolute Gasteiger partial charge is 0.495 e. The third-order valence-corrected chi connectivity index (χ3v) is 5.00. The molecule has 1 fully saturated rings. The summed E-state index contributed by atoms with van der Waals surface area (Å²) in [7, 11) is 1.62. The van der Waals surface area contributed by atoms with Crippen molar-refractivity contribution in [1.82, 2.24) is 4.90 Å². The molecule has 1 unspecified atom stereocenters. The van der Waals surface area contributed by atoms with Crippen molar-refractivity contribution in [3.05, 3.63) is 27.7 Å². The number of amides is 1. The van der Waals surface area contributed by atoms with Gasteiger partial charge < -0.3 is 9.64 Å². The average Bonchev–Trinajstić information content (AvgIpc) is 2.45. The van der Waals surface area contributed by atoms with Crippen LogP contribution in [0.15, 0.2) is 16.6 Å². The zero-order chi connectivity index (χ0) is 16.5. The fourth-order valence-corrected chi connectivity index (χ4v) is 3.57. The molecule has 1 aromatic carbocycles. The van der Waals surface area contributed by atoms with Gasteiger partial charge in [-0.2, -0.15) is 0 Å². The fourth-order valence-electron chi connectivity index (χ4n) is 2.95. The quantitative estimate of drug-likeness (QED) is 0.753. The topological polar surface area (TPSA) is 29.5 Å². The van der Waals surface area contributed by atoms with E-state index in [4.69, 9.17) is 4.74 Å². The summed E-state index contributed by atoms with van der Waals surface area (Å²) in [6, 6.07) is 4.34. The highest BCUT2D eigenvalue weighted by atomic mass is 79.9. The highest BCUT2D eigenvalue weighted by molar-refractivity contribution is 9.10. The van der Waals surface area contributed by atoms with E-state index in [1.54, 1.807) is 7.11 Å². The SMILES string of the molecule is COc1c(Br)cc(C(C)(C)C)cc1C(=O)N1CCCCC1C. The normalized spacial score (nSPS) is 19.2. The highest BCUT2D eigenvalue weighted by Gasteiger charge is 2.28. The number of halogens is 1. The van der Waals surface area contributed by atoms with Gasteiger partial charge in [0.15, 0.2) is 0 Å². The first kappa shape index (κ1) is 17.3. The lowest BCUT2D eigenvalue weighted by molar-refractivity contribution is 0.0632. The summed E-state index contributed by atoms with van der Waals surface area (Å²) in [4.78, 5) is 15.0. The Bertz CT molecular complexity index is 563. The lowest BCUT2D eigenvalue weighted by atomic mass is 9.85. The molecule has 1 aromatic rings. The second-order valence-corrected chi connectivity index (χ2v) is 7.99. The molecule has 1 aliphatic rings. The summed E-state index contributed by atoms with van der Waals surface area (Å²) in [5.74, 6) is 0.714. The van der Waals surface area contributed by atoms with Crippen LogP contribution in [0.3, 0.4) is 0 Å². The van der Waals surface area contributed by atoms with Crippen LogP contribution < -0.4 is 4.74 Å². The summed E-state index contributed by atoms with van der Waals surface area (Å²) in [5, 5.41) is 0. The number of piperidine rings is 1. The zero-order valence-corrected chi connectivity index (χ0v) is 15.8. The fraction of sp³-hybridized carbons (Fsp3) is 0.611. The van der Waals surface area contributed by atoms with E-state index >= 15 is 0 Å². The van der Waals surface area contributed by atoms with Crippen molar-refractivity contribution in [1.29, 1.82) is 0 Å². The lowest BCUT2D eigenvalue weighted by Crippen LogP contribution is -2.42. The Labute approximate surface area is 142 Å². The number of carbonyl (C=O) groups excluding carboxylic acids is 1. The molecule has 122 valence electrons. The zero-order valence-electron chi connectivity index (χ0n) is 14.2. The van der Waals surface area contributed by atoms with Crippen LogP contribution in [0.2, 0.25) is 0 Å². The molecule has 1 aliphatic heterocycles. The first-order valence-electron chi connectivity index (χ1n) is 7.94. The molecule has 3 nitrogen and oxygen atoms in total. The standard InChI is InChI=1S/C18H26BrNO2/c1-12-8-6-7-9-20(12)17(21)14-10-13(18(2,3)4)11-15(19)16(14)22-5/h10-12H,6-9H2,1-5H3. The van der Waals surface area contributed by atoms with Gasteiger partial charge in [0.25, 0.3) is 5.91 Å². The lowest BCUT2D eigenvalue weighted by Gasteiger charge is -2.34. The number of hydrogen-bond donors (Lipinski definition) is 0. The molecule has 2 rings (SSSR count). The van der Waals surface area contributed by atoms with E-state index < -0.39 is 0 Å².